The minimum absolute atomic E-state index is 0.259. The van der Waals surface area contributed by atoms with Gasteiger partial charge in [-0.1, -0.05) is 6.07 Å². The van der Waals surface area contributed by atoms with Gasteiger partial charge in [0.1, 0.15) is 0 Å². The summed E-state index contributed by atoms with van der Waals surface area (Å²) in [7, 11) is 1.94. The standard InChI is InChI=1S/C13H21N3O/c1-10-3-4-12(13(7-10)14-2)16-9-11-8-15-5-6-17-11/h3-4,7,11,14-16H,5-6,8-9H2,1-2H3/t11-/m1/s1. The average Bonchev–Trinajstić information content (AvgIpc) is 2.38. The van der Waals surface area contributed by atoms with Crippen molar-refractivity contribution in [3.8, 4) is 0 Å². The van der Waals surface area contributed by atoms with E-state index in [9.17, 15) is 0 Å². The van der Waals surface area contributed by atoms with Crippen LogP contribution in [0.4, 0.5) is 11.4 Å². The number of hydrogen-bond donors (Lipinski definition) is 3. The van der Waals surface area contributed by atoms with Gasteiger partial charge in [-0.05, 0) is 24.6 Å². The summed E-state index contributed by atoms with van der Waals surface area (Å²) in [6.07, 6.45) is 0.259. The van der Waals surface area contributed by atoms with Crippen molar-refractivity contribution in [2.24, 2.45) is 0 Å². The molecule has 1 aromatic carbocycles. The van der Waals surface area contributed by atoms with Crippen LogP contribution < -0.4 is 16.0 Å². The van der Waals surface area contributed by atoms with Crippen LogP contribution in [0, 0.1) is 6.92 Å². The Morgan fingerprint density at radius 3 is 3.00 bits per heavy atom. The Morgan fingerprint density at radius 1 is 1.41 bits per heavy atom. The molecule has 1 heterocycles. The van der Waals surface area contributed by atoms with Crippen LogP contribution >= 0.6 is 0 Å². The first-order valence-electron chi connectivity index (χ1n) is 6.14. The van der Waals surface area contributed by atoms with Crippen molar-refractivity contribution >= 4 is 11.4 Å². The summed E-state index contributed by atoms with van der Waals surface area (Å²) >= 11 is 0. The molecule has 1 saturated heterocycles. The third-order valence-electron chi connectivity index (χ3n) is 2.97. The Bertz CT molecular complexity index is 362. The molecule has 17 heavy (non-hydrogen) atoms. The number of nitrogens with one attached hydrogen (secondary N) is 3. The van der Waals surface area contributed by atoms with Crippen LogP contribution in [0.2, 0.25) is 0 Å². The summed E-state index contributed by atoms with van der Waals surface area (Å²) in [5, 5.41) is 9.97. The second-order valence-corrected chi connectivity index (χ2v) is 4.38. The fourth-order valence-electron chi connectivity index (χ4n) is 1.99. The first-order chi connectivity index (χ1) is 8.29. The topological polar surface area (TPSA) is 45.3 Å². The van der Waals surface area contributed by atoms with Crippen molar-refractivity contribution in [3.05, 3.63) is 23.8 Å². The lowest BCUT2D eigenvalue weighted by molar-refractivity contribution is 0.0372. The molecule has 4 nitrogen and oxygen atoms in total. The highest BCUT2D eigenvalue weighted by Gasteiger charge is 2.13. The summed E-state index contributed by atoms with van der Waals surface area (Å²) in [5.41, 5.74) is 3.52. The molecule has 1 atom stereocenters. The van der Waals surface area contributed by atoms with Crippen LogP contribution in [-0.2, 0) is 4.74 Å². The van der Waals surface area contributed by atoms with Gasteiger partial charge in [-0.3, -0.25) is 0 Å². The fourth-order valence-corrected chi connectivity index (χ4v) is 1.99. The monoisotopic (exact) mass is 235 g/mol. The zero-order valence-electron chi connectivity index (χ0n) is 10.5. The third kappa shape index (κ3) is 3.35. The normalized spacial score (nSPS) is 20.0. The van der Waals surface area contributed by atoms with Gasteiger partial charge in [-0.25, -0.2) is 0 Å². The Hall–Kier alpha value is -1.26. The summed E-state index contributed by atoms with van der Waals surface area (Å²) < 4.78 is 5.65. The molecule has 1 aromatic rings. The van der Waals surface area contributed by atoms with Crippen LogP contribution in [-0.4, -0.2) is 39.4 Å². The molecule has 0 unspecified atom stereocenters. The summed E-state index contributed by atoms with van der Waals surface area (Å²) in [6.45, 7) is 5.62. The zero-order chi connectivity index (χ0) is 12.1. The van der Waals surface area contributed by atoms with E-state index in [1.165, 1.54) is 5.56 Å². The first-order valence-corrected chi connectivity index (χ1v) is 6.14. The summed E-state index contributed by atoms with van der Waals surface area (Å²) in [5.74, 6) is 0. The second-order valence-electron chi connectivity index (χ2n) is 4.38. The second kappa shape index (κ2) is 5.89. The zero-order valence-corrected chi connectivity index (χ0v) is 10.5. The highest BCUT2D eigenvalue weighted by atomic mass is 16.5. The molecule has 0 aliphatic carbocycles. The minimum Gasteiger partial charge on any atom is -0.386 e. The highest BCUT2D eigenvalue weighted by Crippen LogP contribution is 2.22. The number of hydrogen-bond acceptors (Lipinski definition) is 4. The quantitative estimate of drug-likeness (QED) is 0.739. The highest BCUT2D eigenvalue weighted by molar-refractivity contribution is 5.69. The van der Waals surface area contributed by atoms with E-state index in [2.05, 4.69) is 41.1 Å². The molecule has 0 radical (unpaired) electrons. The van der Waals surface area contributed by atoms with Gasteiger partial charge in [0.15, 0.2) is 0 Å². The maximum atomic E-state index is 5.65. The van der Waals surface area contributed by atoms with Gasteiger partial charge in [-0.2, -0.15) is 0 Å². The van der Waals surface area contributed by atoms with E-state index in [1.54, 1.807) is 0 Å². The predicted molar refractivity (Wildman–Crippen MR) is 71.8 cm³/mol. The van der Waals surface area contributed by atoms with Crippen molar-refractivity contribution in [3.63, 3.8) is 0 Å². The van der Waals surface area contributed by atoms with E-state index in [-0.39, 0.29) is 6.10 Å². The molecule has 2 rings (SSSR count). The molecule has 0 saturated carbocycles. The van der Waals surface area contributed by atoms with Crippen molar-refractivity contribution in [2.45, 2.75) is 13.0 Å². The van der Waals surface area contributed by atoms with E-state index in [0.29, 0.717) is 0 Å². The van der Waals surface area contributed by atoms with Crippen LogP contribution in [0.15, 0.2) is 18.2 Å². The van der Waals surface area contributed by atoms with Crippen molar-refractivity contribution in [1.82, 2.24) is 5.32 Å². The molecule has 1 fully saturated rings. The smallest absolute Gasteiger partial charge is 0.0872 e. The van der Waals surface area contributed by atoms with Crippen LogP contribution in [0.25, 0.3) is 0 Å². The van der Waals surface area contributed by atoms with Gasteiger partial charge in [0.2, 0.25) is 0 Å². The number of ether oxygens (including phenoxy) is 1. The van der Waals surface area contributed by atoms with Crippen molar-refractivity contribution in [1.29, 1.82) is 0 Å². The number of anilines is 2. The van der Waals surface area contributed by atoms with Gasteiger partial charge in [0, 0.05) is 26.7 Å². The third-order valence-corrected chi connectivity index (χ3v) is 2.97. The largest absolute Gasteiger partial charge is 0.386 e. The van der Waals surface area contributed by atoms with Crippen molar-refractivity contribution in [2.75, 3.05) is 43.9 Å². The Kier molecular flexibility index (Phi) is 4.23. The molecule has 0 spiro atoms. The lowest BCUT2D eigenvalue weighted by atomic mass is 10.2. The van der Waals surface area contributed by atoms with Gasteiger partial charge >= 0.3 is 0 Å². The van der Waals surface area contributed by atoms with Gasteiger partial charge in [0.05, 0.1) is 24.1 Å². The maximum absolute atomic E-state index is 5.65. The molecule has 1 aliphatic heterocycles. The van der Waals surface area contributed by atoms with Gasteiger partial charge in [-0.15, -0.1) is 0 Å². The predicted octanol–water partition coefficient (Wildman–Crippen LogP) is 1.44. The molecule has 0 amide bonds. The van der Waals surface area contributed by atoms with E-state index in [1.807, 2.05) is 7.05 Å². The van der Waals surface area contributed by atoms with Crippen LogP contribution in [0.5, 0.6) is 0 Å². The minimum atomic E-state index is 0.259. The number of aryl methyl sites for hydroxylation is 1. The van der Waals surface area contributed by atoms with E-state index in [4.69, 9.17) is 4.74 Å². The van der Waals surface area contributed by atoms with Gasteiger partial charge in [0.25, 0.3) is 0 Å². The molecule has 1 aliphatic rings. The Labute approximate surface area is 103 Å². The molecule has 94 valence electrons. The van der Waals surface area contributed by atoms with Crippen LogP contribution in [0.1, 0.15) is 5.56 Å². The molecule has 0 aromatic heterocycles. The maximum Gasteiger partial charge on any atom is 0.0872 e. The Morgan fingerprint density at radius 2 is 2.29 bits per heavy atom. The number of benzene rings is 1. The molecule has 4 heteroatoms. The Balaban J connectivity index is 1.93. The first kappa shape index (κ1) is 12.2. The number of morpholine rings is 1. The molecule has 3 N–H and O–H groups in total. The summed E-state index contributed by atoms with van der Waals surface area (Å²) in [4.78, 5) is 0. The lowest BCUT2D eigenvalue weighted by Crippen LogP contribution is -2.42. The van der Waals surface area contributed by atoms with E-state index < -0.39 is 0 Å². The SMILES string of the molecule is CNc1cc(C)ccc1NC[C@H]1CNCCO1. The lowest BCUT2D eigenvalue weighted by Gasteiger charge is -2.24. The van der Waals surface area contributed by atoms with Crippen molar-refractivity contribution < 1.29 is 4.74 Å². The molecular formula is C13H21N3O. The molecular weight excluding hydrogens is 214 g/mol. The molecule has 0 bridgehead atoms. The average molecular weight is 235 g/mol. The van der Waals surface area contributed by atoms with Crippen LogP contribution in [0.3, 0.4) is 0 Å². The van der Waals surface area contributed by atoms with E-state index in [0.717, 1.165) is 37.6 Å². The van der Waals surface area contributed by atoms with Gasteiger partial charge < -0.3 is 20.7 Å². The van der Waals surface area contributed by atoms with E-state index >= 15 is 0 Å². The fraction of sp³-hybridized carbons (Fsp3) is 0.538. The summed E-state index contributed by atoms with van der Waals surface area (Å²) in [6, 6.07) is 6.36. The number of rotatable bonds is 4.